The van der Waals surface area contributed by atoms with E-state index in [4.69, 9.17) is 23.7 Å². The van der Waals surface area contributed by atoms with Crippen molar-refractivity contribution in [3.05, 3.63) is 70.3 Å². The lowest BCUT2D eigenvalue weighted by atomic mass is 10.1. The number of carbonyl (C=O) groups is 1. The van der Waals surface area contributed by atoms with Gasteiger partial charge in [-0.15, -0.1) is 0 Å². The van der Waals surface area contributed by atoms with Gasteiger partial charge in [-0.3, -0.25) is 19.9 Å². The zero-order valence-electron chi connectivity index (χ0n) is 22.2. The lowest BCUT2D eigenvalue weighted by Crippen LogP contribution is -2.35. The van der Waals surface area contributed by atoms with Gasteiger partial charge in [0.25, 0.3) is 5.91 Å². The zero-order valence-corrected chi connectivity index (χ0v) is 22.2. The van der Waals surface area contributed by atoms with E-state index in [0.717, 1.165) is 19.4 Å². The molecule has 208 valence electrons. The number of fused-ring (bicyclic) bond motifs is 2. The molecule has 1 saturated heterocycles. The van der Waals surface area contributed by atoms with Gasteiger partial charge in [-0.1, -0.05) is 0 Å². The van der Waals surface area contributed by atoms with Gasteiger partial charge in [-0.2, -0.15) is 0 Å². The van der Waals surface area contributed by atoms with Gasteiger partial charge in [0, 0.05) is 25.2 Å². The molecule has 2 heterocycles. The van der Waals surface area contributed by atoms with Crippen molar-refractivity contribution in [3.63, 3.8) is 0 Å². The summed E-state index contributed by atoms with van der Waals surface area (Å²) in [6.07, 6.45) is 4.20. The van der Waals surface area contributed by atoms with E-state index < -0.39 is 4.92 Å². The molecule has 1 fully saturated rings. The van der Waals surface area contributed by atoms with Crippen molar-refractivity contribution in [2.45, 2.75) is 25.3 Å². The van der Waals surface area contributed by atoms with Gasteiger partial charge in [-0.05, 0) is 55.3 Å². The molecule has 0 N–H and O–H groups in total. The molecule has 0 aliphatic carbocycles. The van der Waals surface area contributed by atoms with Gasteiger partial charge >= 0.3 is 5.69 Å². The van der Waals surface area contributed by atoms with Gasteiger partial charge in [0.1, 0.15) is 17.2 Å². The molecule has 1 amide bonds. The fourth-order valence-electron chi connectivity index (χ4n) is 4.64. The van der Waals surface area contributed by atoms with Gasteiger partial charge in [0.15, 0.2) is 11.5 Å². The number of methoxy groups -OCH3 is 2. The minimum absolute atomic E-state index is 0.0197. The number of hydrogen-bond donors (Lipinski definition) is 0. The summed E-state index contributed by atoms with van der Waals surface area (Å²) in [4.78, 5) is 30.5. The molecule has 3 aromatic carbocycles. The average Bonchev–Trinajstić information content (AvgIpc) is 3.40. The summed E-state index contributed by atoms with van der Waals surface area (Å²) in [5, 5.41) is 11.6. The summed E-state index contributed by atoms with van der Waals surface area (Å²) in [5.41, 5.74) is 0.833. The molecular formula is C29H29N3O8. The van der Waals surface area contributed by atoms with Crippen molar-refractivity contribution in [2.75, 3.05) is 34.0 Å². The third kappa shape index (κ3) is 5.78. The number of rotatable bonds is 11. The molecule has 11 heteroatoms. The van der Waals surface area contributed by atoms with E-state index in [1.807, 2.05) is 11.1 Å². The van der Waals surface area contributed by atoms with E-state index >= 15 is 0 Å². The Bertz CT molecular complexity index is 1420. The Morgan fingerprint density at radius 1 is 0.925 bits per heavy atom. The first-order valence-corrected chi connectivity index (χ1v) is 12.9. The molecule has 40 heavy (non-hydrogen) atoms. The molecule has 2 aliphatic heterocycles. The largest absolute Gasteiger partial charge is 0.497 e. The van der Waals surface area contributed by atoms with Crippen LogP contribution >= 0.6 is 0 Å². The van der Waals surface area contributed by atoms with Crippen LogP contribution in [0.4, 0.5) is 11.4 Å². The number of ether oxygens (including phenoxy) is 5. The van der Waals surface area contributed by atoms with Crippen molar-refractivity contribution in [2.24, 2.45) is 4.99 Å². The first-order chi connectivity index (χ1) is 19.5. The van der Waals surface area contributed by atoms with Gasteiger partial charge in [-0.25, -0.2) is 0 Å². The van der Waals surface area contributed by atoms with E-state index in [0.29, 0.717) is 53.0 Å². The number of nitro groups is 1. The summed E-state index contributed by atoms with van der Waals surface area (Å²) < 4.78 is 27.9. The van der Waals surface area contributed by atoms with Crippen LogP contribution in [0.25, 0.3) is 0 Å². The summed E-state index contributed by atoms with van der Waals surface area (Å²) in [6, 6.07) is 14.6. The zero-order chi connectivity index (χ0) is 28.1. The predicted molar refractivity (Wildman–Crippen MR) is 147 cm³/mol. The van der Waals surface area contributed by atoms with Crippen molar-refractivity contribution >= 4 is 23.5 Å². The second-order valence-electron chi connectivity index (χ2n) is 9.22. The first-order valence-electron chi connectivity index (χ1n) is 12.9. The maximum absolute atomic E-state index is 13.0. The average molecular weight is 548 g/mol. The normalized spacial score (nSPS) is 15.6. The van der Waals surface area contributed by atoms with Crippen LogP contribution in [-0.4, -0.2) is 62.0 Å². The number of hydrogen-bond acceptors (Lipinski definition) is 9. The summed E-state index contributed by atoms with van der Waals surface area (Å²) >= 11 is 0. The van der Waals surface area contributed by atoms with Crippen LogP contribution in [0, 0.1) is 10.1 Å². The Morgan fingerprint density at radius 2 is 1.68 bits per heavy atom. The minimum Gasteiger partial charge on any atom is -0.497 e. The maximum atomic E-state index is 13.0. The maximum Gasteiger partial charge on any atom is 0.315 e. The van der Waals surface area contributed by atoms with Crippen LogP contribution in [0.1, 0.15) is 29.6 Å². The molecule has 2 aliphatic rings. The molecule has 0 saturated carbocycles. The molecule has 0 unspecified atom stereocenters. The Labute approximate surface area is 231 Å². The fraction of sp³-hybridized carbons (Fsp3) is 0.310. The highest BCUT2D eigenvalue weighted by atomic mass is 16.6. The Morgan fingerprint density at radius 3 is 2.42 bits per heavy atom. The molecular weight excluding hydrogens is 518 g/mol. The van der Waals surface area contributed by atoms with E-state index in [-0.39, 0.29) is 30.0 Å². The molecule has 3 aromatic rings. The Kier molecular flexibility index (Phi) is 7.99. The summed E-state index contributed by atoms with van der Waals surface area (Å²) in [6.45, 7) is 1.27. The van der Waals surface area contributed by atoms with Crippen molar-refractivity contribution in [1.82, 2.24) is 4.90 Å². The van der Waals surface area contributed by atoms with E-state index in [2.05, 4.69) is 4.99 Å². The molecule has 0 spiro atoms. The number of benzene rings is 3. The van der Waals surface area contributed by atoms with Crippen LogP contribution in [0.2, 0.25) is 0 Å². The van der Waals surface area contributed by atoms with Gasteiger partial charge in [0.2, 0.25) is 5.75 Å². The topological polar surface area (TPSA) is 122 Å². The van der Waals surface area contributed by atoms with Crippen LogP contribution in [0.5, 0.6) is 34.5 Å². The van der Waals surface area contributed by atoms with E-state index in [1.165, 1.54) is 19.2 Å². The minimum atomic E-state index is -0.517. The summed E-state index contributed by atoms with van der Waals surface area (Å²) in [5.74, 6) is 2.40. The van der Waals surface area contributed by atoms with Gasteiger partial charge < -0.3 is 28.6 Å². The standard InChI is InChI=1S/C29H29N3O8/c1-36-20-6-8-21(9-7-20)40-26-11-10-22(15-25(26)32(34)35)38-13-4-14-39-28-17-24-23(16-27(28)37-2)29(33)31-12-3-5-19(31)18-30-24/h6-11,15-19H,3-5,12-14H2,1-2H3/t19-/m0/s1. The lowest BCUT2D eigenvalue weighted by molar-refractivity contribution is -0.385. The quantitative estimate of drug-likeness (QED) is 0.173. The monoisotopic (exact) mass is 547 g/mol. The molecule has 0 aromatic heterocycles. The van der Waals surface area contributed by atoms with Crippen molar-refractivity contribution < 1.29 is 33.4 Å². The molecule has 1 atom stereocenters. The smallest absolute Gasteiger partial charge is 0.315 e. The van der Waals surface area contributed by atoms with Crippen LogP contribution in [0.15, 0.2) is 59.6 Å². The van der Waals surface area contributed by atoms with E-state index in [1.54, 1.807) is 49.6 Å². The number of amides is 1. The van der Waals surface area contributed by atoms with E-state index in [9.17, 15) is 14.9 Å². The van der Waals surface area contributed by atoms with Gasteiger partial charge in [0.05, 0.1) is 55.7 Å². The second-order valence-corrected chi connectivity index (χ2v) is 9.22. The molecule has 5 rings (SSSR count). The Balaban J connectivity index is 1.18. The lowest BCUT2D eigenvalue weighted by Gasteiger charge is -2.20. The van der Waals surface area contributed by atoms with Crippen molar-refractivity contribution in [1.29, 1.82) is 0 Å². The predicted octanol–water partition coefficient (Wildman–Crippen LogP) is 5.57. The van der Waals surface area contributed by atoms with Crippen LogP contribution in [-0.2, 0) is 0 Å². The highest BCUT2D eigenvalue weighted by molar-refractivity contribution is 6.03. The molecule has 0 bridgehead atoms. The highest BCUT2D eigenvalue weighted by Gasteiger charge is 2.32. The number of carbonyl (C=O) groups excluding carboxylic acids is 1. The number of nitro benzene ring substituents is 1. The van der Waals surface area contributed by atoms with Crippen molar-refractivity contribution in [3.8, 4) is 34.5 Å². The highest BCUT2D eigenvalue weighted by Crippen LogP contribution is 2.38. The van der Waals surface area contributed by atoms with Crippen LogP contribution < -0.4 is 23.7 Å². The fourth-order valence-corrected chi connectivity index (χ4v) is 4.64. The Hall–Kier alpha value is -4.80. The number of nitrogens with zero attached hydrogens (tertiary/aromatic N) is 3. The first kappa shape index (κ1) is 26.8. The third-order valence-electron chi connectivity index (χ3n) is 6.69. The van der Waals surface area contributed by atoms with Crippen LogP contribution in [0.3, 0.4) is 0 Å². The molecule has 0 radical (unpaired) electrons. The SMILES string of the molecule is COc1ccc(Oc2ccc(OCCCOc3cc4c(cc3OC)C(=O)N3CCC[C@H]3C=N4)cc2[N+](=O)[O-])cc1. The third-order valence-corrected chi connectivity index (χ3v) is 6.69. The molecule has 11 nitrogen and oxygen atoms in total. The summed E-state index contributed by atoms with van der Waals surface area (Å²) in [7, 11) is 3.08. The second kappa shape index (κ2) is 11.9. The number of aliphatic imine (C=N–C) groups is 1.